The van der Waals surface area contributed by atoms with E-state index in [9.17, 15) is 13.2 Å². The van der Waals surface area contributed by atoms with Crippen LogP contribution in [0, 0.1) is 0 Å². The third kappa shape index (κ3) is 9.30. The summed E-state index contributed by atoms with van der Waals surface area (Å²) < 4.78 is 26.2. The van der Waals surface area contributed by atoms with E-state index in [0.717, 1.165) is 46.4 Å². The lowest BCUT2D eigenvalue weighted by Gasteiger charge is -2.21. The molecule has 1 aromatic rings. The molecule has 0 atom stereocenters. The molecule has 1 saturated carbocycles. The normalized spacial score (nSPS) is 17.0. The van der Waals surface area contributed by atoms with Gasteiger partial charge in [-0.05, 0) is 43.9 Å². The van der Waals surface area contributed by atoms with Crippen molar-refractivity contribution >= 4 is 43.3 Å². The topological polar surface area (TPSA) is 78.8 Å². The molecule has 29 heavy (non-hydrogen) atoms. The second kappa shape index (κ2) is 12.3. The van der Waals surface area contributed by atoms with Crippen LogP contribution in [0.5, 0.6) is 0 Å². The van der Waals surface area contributed by atoms with Gasteiger partial charge in [-0.15, -0.1) is 0 Å². The molecule has 6 nitrogen and oxygen atoms in total. The van der Waals surface area contributed by atoms with Crippen molar-refractivity contribution in [2.24, 2.45) is 5.10 Å². The Bertz CT molecular complexity index is 782. The summed E-state index contributed by atoms with van der Waals surface area (Å²) in [5.74, 6) is -0.436. The Balaban J connectivity index is 1.99. The number of amides is 1. The van der Waals surface area contributed by atoms with Gasteiger partial charge in [0.2, 0.25) is 10.0 Å². The van der Waals surface area contributed by atoms with Crippen LogP contribution in [0.15, 0.2) is 33.8 Å². The molecule has 0 bridgehead atoms. The van der Waals surface area contributed by atoms with Crippen molar-refractivity contribution in [2.45, 2.75) is 70.6 Å². The summed E-state index contributed by atoms with van der Waals surface area (Å²) in [7, 11) is -3.60. The zero-order valence-electron chi connectivity index (χ0n) is 17.2. The number of anilines is 1. The van der Waals surface area contributed by atoms with Crippen LogP contribution in [0.1, 0.15) is 70.6 Å². The summed E-state index contributed by atoms with van der Waals surface area (Å²) in [5.41, 5.74) is 4.03. The molecule has 1 aliphatic carbocycles. The number of benzene rings is 1. The number of carbonyl (C=O) groups excluding carboxylic acids is 1. The van der Waals surface area contributed by atoms with E-state index in [4.69, 9.17) is 0 Å². The molecular weight excluding hydrogens is 454 g/mol. The molecule has 1 aromatic carbocycles. The standard InChI is InChI=1S/C21H32BrN3O3S/c1-29(27,28)25(20-15-11-12-18(22)16-20)17-21(26)24-23-19-13-9-7-5-3-2-4-6-8-10-14-19/h11-12,15-16H,2-10,13-14,17H2,1H3,(H,24,26). The predicted octanol–water partition coefficient (Wildman–Crippen LogP) is 4.99. The fraction of sp³-hybridized carbons (Fsp3) is 0.619. The van der Waals surface area contributed by atoms with Gasteiger partial charge >= 0.3 is 0 Å². The number of hydrazone groups is 1. The monoisotopic (exact) mass is 485 g/mol. The van der Waals surface area contributed by atoms with E-state index in [0.29, 0.717) is 5.69 Å². The molecule has 1 amide bonds. The molecule has 1 aliphatic rings. The van der Waals surface area contributed by atoms with Gasteiger partial charge in [0.15, 0.2) is 0 Å². The first-order valence-electron chi connectivity index (χ1n) is 10.4. The Hall–Kier alpha value is -1.41. The van der Waals surface area contributed by atoms with Crippen molar-refractivity contribution in [3.63, 3.8) is 0 Å². The van der Waals surface area contributed by atoms with Gasteiger partial charge in [0.1, 0.15) is 6.54 Å². The lowest BCUT2D eigenvalue weighted by molar-refractivity contribution is -0.119. The van der Waals surface area contributed by atoms with Gasteiger partial charge in [0.25, 0.3) is 5.91 Å². The van der Waals surface area contributed by atoms with E-state index in [1.165, 1.54) is 44.9 Å². The number of nitrogens with zero attached hydrogens (tertiary/aromatic N) is 2. The van der Waals surface area contributed by atoms with Gasteiger partial charge in [-0.3, -0.25) is 9.10 Å². The maximum absolute atomic E-state index is 12.4. The summed E-state index contributed by atoms with van der Waals surface area (Å²) in [6.07, 6.45) is 13.9. The summed E-state index contributed by atoms with van der Waals surface area (Å²) in [6.45, 7) is -0.300. The zero-order chi connectivity index (χ0) is 21.1. The van der Waals surface area contributed by atoms with Crippen LogP contribution in [0.3, 0.4) is 0 Å². The number of hydrogen-bond acceptors (Lipinski definition) is 4. The van der Waals surface area contributed by atoms with E-state index in [-0.39, 0.29) is 6.54 Å². The molecule has 0 heterocycles. The zero-order valence-corrected chi connectivity index (χ0v) is 19.6. The molecule has 8 heteroatoms. The smallest absolute Gasteiger partial charge is 0.260 e. The van der Waals surface area contributed by atoms with Crippen LogP contribution in [-0.2, 0) is 14.8 Å². The molecule has 2 rings (SSSR count). The van der Waals surface area contributed by atoms with E-state index in [1.807, 2.05) is 0 Å². The maximum Gasteiger partial charge on any atom is 0.260 e. The van der Waals surface area contributed by atoms with Gasteiger partial charge in [-0.1, -0.05) is 66.9 Å². The van der Waals surface area contributed by atoms with Gasteiger partial charge < -0.3 is 0 Å². The van der Waals surface area contributed by atoms with Gasteiger partial charge in [-0.2, -0.15) is 5.10 Å². The Morgan fingerprint density at radius 2 is 1.59 bits per heavy atom. The maximum atomic E-state index is 12.4. The molecule has 0 spiro atoms. The average molecular weight is 486 g/mol. The first-order valence-corrected chi connectivity index (χ1v) is 13.1. The van der Waals surface area contributed by atoms with E-state index < -0.39 is 15.9 Å². The molecule has 0 aromatic heterocycles. The summed E-state index contributed by atoms with van der Waals surface area (Å²) in [4.78, 5) is 12.4. The minimum absolute atomic E-state index is 0.300. The van der Waals surface area contributed by atoms with Crippen molar-refractivity contribution in [1.82, 2.24) is 5.43 Å². The van der Waals surface area contributed by atoms with Crippen molar-refractivity contribution in [1.29, 1.82) is 0 Å². The van der Waals surface area contributed by atoms with Gasteiger partial charge in [0.05, 0.1) is 11.9 Å². The average Bonchev–Trinajstić information content (AvgIpc) is 2.65. The molecule has 1 fully saturated rings. The quantitative estimate of drug-likeness (QED) is 0.596. The summed E-state index contributed by atoms with van der Waals surface area (Å²) in [5, 5.41) is 4.34. The van der Waals surface area contributed by atoms with Gasteiger partial charge in [-0.25, -0.2) is 13.8 Å². The fourth-order valence-electron chi connectivity index (χ4n) is 3.47. The molecular formula is C21H32BrN3O3S. The number of carbonyl (C=O) groups is 1. The highest BCUT2D eigenvalue weighted by molar-refractivity contribution is 9.10. The molecule has 0 aliphatic heterocycles. The lowest BCUT2D eigenvalue weighted by atomic mass is 10.00. The van der Waals surface area contributed by atoms with Crippen molar-refractivity contribution in [3.8, 4) is 0 Å². The van der Waals surface area contributed by atoms with E-state index >= 15 is 0 Å². The summed E-state index contributed by atoms with van der Waals surface area (Å²) >= 11 is 3.34. The highest BCUT2D eigenvalue weighted by Crippen LogP contribution is 2.22. The van der Waals surface area contributed by atoms with Crippen LogP contribution >= 0.6 is 15.9 Å². The molecule has 1 N–H and O–H groups in total. The Morgan fingerprint density at radius 3 is 2.10 bits per heavy atom. The number of nitrogens with one attached hydrogen (secondary N) is 1. The summed E-state index contributed by atoms with van der Waals surface area (Å²) in [6, 6.07) is 6.88. The number of sulfonamides is 1. The number of hydrogen-bond donors (Lipinski definition) is 1. The largest absolute Gasteiger partial charge is 0.271 e. The second-order valence-electron chi connectivity index (χ2n) is 7.64. The fourth-order valence-corrected chi connectivity index (χ4v) is 4.71. The first kappa shape index (κ1) is 23.9. The predicted molar refractivity (Wildman–Crippen MR) is 123 cm³/mol. The van der Waals surface area contributed by atoms with Crippen LogP contribution in [-0.4, -0.2) is 32.8 Å². The van der Waals surface area contributed by atoms with Crippen molar-refractivity contribution < 1.29 is 13.2 Å². The first-order chi connectivity index (χ1) is 13.9. The van der Waals surface area contributed by atoms with Crippen LogP contribution in [0.4, 0.5) is 5.69 Å². The Labute approximate surface area is 183 Å². The minimum Gasteiger partial charge on any atom is -0.271 e. The van der Waals surface area contributed by atoms with Crippen molar-refractivity contribution in [2.75, 3.05) is 17.1 Å². The third-order valence-corrected chi connectivity index (χ3v) is 6.69. The van der Waals surface area contributed by atoms with Gasteiger partial charge in [0, 0.05) is 10.2 Å². The number of rotatable bonds is 5. The van der Waals surface area contributed by atoms with Crippen LogP contribution in [0.2, 0.25) is 0 Å². The lowest BCUT2D eigenvalue weighted by Crippen LogP contribution is -2.39. The minimum atomic E-state index is -3.60. The highest BCUT2D eigenvalue weighted by Gasteiger charge is 2.21. The Morgan fingerprint density at radius 1 is 1.03 bits per heavy atom. The second-order valence-corrected chi connectivity index (χ2v) is 10.5. The Kier molecular flexibility index (Phi) is 10.1. The van der Waals surface area contributed by atoms with Crippen molar-refractivity contribution in [3.05, 3.63) is 28.7 Å². The molecule has 0 saturated heterocycles. The van der Waals surface area contributed by atoms with Crippen LogP contribution < -0.4 is 9.73 Å². The molecule has 0 unspecified atom stereocenters. The van der Waals surface area contributed by atoms with Crippen LogP contribution in [0.25, 0.3) is 0 Å². The molecule has 162 valence electrons. The highest BCUT2D eigenvalue weighted by atomic mass is 79.9. The third-order valence-electron chi connectivity index (χ3n) is 5.05. The number of halogens is 1. The molecule has 0 radical (unpaired) electrons. The SMILES string of the molecule is CS(=O)(=O)N(CC(=O)NN=C1CCCCCCCCCCC1)c1cccc(Br)c1. The van der Waals surface area contributed by atoms with E-state index in [2.05, 4.69) is 26.5 Å². The van der Waals surface area contributed by atoms with E-state index in [1.54, 1.807) is 24.3 Å².